The highest BCUT2D eigenvalue weighted by molar-refractivity contribution is 5.88. The van der Waals surface area contributed by atoms with Crippen molar-refractivity contribution < 1.29 is 10.2 Å². The van der Waals surface area contributed by atoms with Gasteiger partial charge in [0.1, 0.15) is 17.0 Å². The molecular weight excluding hydrogens is 154 g/mol. The molecule has 0 fully saturated rings. The highest BCUT2D eigenvalue weighted by Gasteiger charge is 2.02. The van der Waals surface area contributed by atoms with Gasteiger partial charge >= 0.3 is 0 Å². The van der Waals surface area contributed by atoms with E-state index in [4.69, 9.17) is 0 Å². The number of benzene rings is 1. The van der Waals surface area contributed by atoms with Gasteiger partial charge in [-0.1, -0.05) is 6.07 Å². The van der Waals surface area contributed by atoms with Gasteiger partial charge in [0.15, 0.2) is 0 Å². The van der Waals surface area contributed by atoms with Crippen LogP contribution >= 0.6 is 0 Å². The molecule has 60 valence electrons. The van der Waals surface area contributed by atoms with Gasteiger partial charge in [-0.15, -0.1) is 0 Å². The van der Waals surface area contributed by atoms with Crippen LogP contribution in [-0.2, 0) is 0 Å². The van der Waals surface area contributed by atoms with E-state index in [1.165, 1.54) is 18.3 Å². The number of aromatic hydroxyl groups is 2. The van der Waals surface area contributed by atoms with E-state index in [9.17, 15) is 10.2 Å². The second-order valence-electron chi connectivity index (χ2n) is 2.50. The van der Waals surface area contributed by atoms with Gasteiger partial charge in [-0.3, -0.25) is 4.98 Å². The molecule has 2 N–H and O–H groups in total. The molecule has 0 bridgehead atoms. The first-order chi connectivity index (χ1) is 5.79. The highest BCUT2D eigenvalue weighted by Crippen LogP contribution is 2.27. The number of para-hydroxylation sites is 1. The van der Waals surface area contributed by atoms with Crippen molar-refractivity contribution in [2.45, 2.75) is 0 Å². The molecule has 0 aliphatic carbocycles. The van der Waals surface area contributed by atoms with E-state index in [-0.39, 0.29) is 11.5 Å². The van der Waals surface area contributed by atoms with Gasteiger partial charge in [0.2, 0.25) is 0 Å². The standard InChI is InChI=1S/C9H7NO2/c11-7-4-5-10-9-6(7)2-1-3-8(9)12/h1-5,12H,(H,10,11). The maximum absolute atomic E-state index is 9.34. The minimum atomic E-state index is 0.0865. The summed E-state index contributed by atoms with van der Waals surface area (Å²) in [5.74, 6) is 0.222. The Morgan fingerprint density at radius 3 is 2.58 bits per heavy atom. The lowest BCUT2D eigenvalue weighted by Gasteiger charge is -2.00. The van der Waals surface area contributed by atoms with Crippen molar-refractivity contribution in [2.24, 2.45) is 0 Å². The van der Waals surface area contributed by atoms with Gasteiger partial charge in [0.05, 0.1) is 0 Å². The number of aromatic nitrogens is 1. The van der Waals surface area contributed by atoms with Gasteiger partial charge in [0.25, 0.3) is 0 Å². The maximum atomic E-state index is 9.34. The van der Waals surface area contributed by atoms with Crippen LogP contribution in [-0.4, -0.2) is 15.2 Å². The maximum Gasteiger partial charge on any atom is 0.141 e. The summed E-state index contributed by atoms with van der Waals surface area (Å²) in [5.41, 5.74) is 0.428. The Morgan fingerprint density at radius 1 is 1.00 bits per heavy atom. The predicted molar refractivity (Wildman–Crippen MR) is 45.1 cm³/mol. The Kier molecular flexibility index (Phi) is 1.37. The third-order valence-electron chi connectivity index (χ3n) is 1.73. The molecule has 0 unspecified atom stereocenters. The lowest BCUT2D eigenvalue weighted by molar-refractivity contribution is 0.474. The Hall–Kier alpha value is -1.77. The van der Waals surface area contributed by atoms with Crippen LogP contribution in [0.1, 0.15) is 0 Å². The summed E-state index contributed by atoms with van der Waals surface area (Å²) in [6, 6.07) is 6.40. The van der Waals surface area contributed by atoms with Gasteiger partial charge in [-0.2, -0.15) is 0 Å². The van der Waals surface area contributed by atoms with Crippen LogP contribution in [0.15, 0.2) is 30.5 Å². The largest absolute Gasteiger partial charge is 0.507 e. The Labute approximate surface area is 68.9 Å². The van der Waals surface area contributed by atoms with Crippen LogP contribution in [0.2, 0.25) is 0 Å². The SMILES string of the molecule is Oc1ccnc2c(O)cccc12. The first-order valence-electron chi connectivity index (χ1n) is 3.55. The van der Waals surface area contributed by atoms with E-state index in [2.05, 4.69) is 4.98 Å². The fraction of sp³-hybridized carbons (Fsp3) is 0. The molecule has 2 rings (SSSR count). The van der Waals surface area contributed by atoms with Crippen molar-refractivity contribution in [2.75, 3.05) is 0 Å². The number of pyridine rings is 1. The second kappa shape index (κ2) is 2.37. The minimum absolute atomic E-state index is 0.0865. The van der Waals surface area contributed by atoms with Crippen LogP contribution in [0.4, 0.5) is 0 Å². The van der Waals surface area contributed by atoms with E-state index < -0.39 is 0 Å². The number of hydrogen-bond donors (Lipinski definition) is 2. The summed E-state index contributed by atoms with van der Waals surface area (Å²) >= 11 is 0. The van der Waals surface area contributed by atoms with Crippen molar-refractivity contribution in [3.63, 3.8) is 0 Å². The molecule has 0 saturated heterocycles. The van der Waals surface area contributed by atoms with Crippen LogP contribution < -0.4 is 0 Å². The van der Waals surface area contributed by atoms with Crippen molar-refractivity contribution in [1.29, 1.82) is 0 Å². The smallest absolute Gasteiger partial charge is 0.141 e. The second-order valence-corrected chi connectivity index (χ2v) is 2.50. The Bertz CT molecular complexity index is 385. The number of nitrogens with zero attached hydrogens (tertiary/aromatic N) is 1. The number of phenols is 1. The molecule has 1 heterocycles. The van der Waals surface area contributed by atoms with Crippen molar-refractivity contribution in [3.05, 3.63) is 30.5 Å². The highest BCUT2D eigenvalue weighted by atomic mass is 16.3. The van der Waals surface area contributed by atoms with Crippen molar-refractivity contribution in [1.82, 2.24) is 4.98 Å². The van der Waals surface area contributed by atoms with Crippen LogP contribution in [0.25, 0.3) is 10.9 Å². The molecule has 3 nitrogen and oxygen atoms in total. The summed E-state index contributed by atoms with van der Waals surface area (Å²) in [6.07, 6.45) is 1.46. The monoisotopic (exact) mass is 161 g/mol. The van der Waals surface area contributed by atoms with Gasteiger partial charge in [-0.05, 0) is 18.2 Å². The number of fused-ring (bicyclic) bond motifs is 1. The zero-order valence-corrected chi connectivity index (χ0v) is 6.23. The van der Waals surface area contributed by atoms with Crippen LogP contribution in [0.5, 0.6) is 11.5 Å². The number of rotatable bonds is 0. The average molecular weight is 161 g/mol. The number of phenolic OH excluding ortho intramolecular Hbond substituents is 1. The van der Waals surface area contributed by atoms with E-state index in [0.29, 0.717) is 10.9 Å². The predicted octanol–water partition coefficient (Wildman–Crippen LogP) is 1.65. The molecular formula is C9H7NO2. The average Bonchev–Trinajstić information content (AvgIpc) is 2.07. The summed E-state index contributed by atoms with van der Waals surface area (Å²) in [5, 5.41) is 19.2. The molecule has 0 amide bonds. The van der Waals surface area contributed by atoms with Gasteiger partial charge in [0, 0.05) is 11.6 Å². The van der Waals surface area contributed by atoms with Crippen molar-refractivity contribution >= 4 is 10.9 Å². The van der Waals surface area contributed by atoms with Crippen LogP contribution in [0.3, 0.4) is 0 Å². The molecule has 0 aliphatic heterocycles. The molecule has 3 heteroatoms. The fourth-order valence-electron chi connectivity index (χ4n) is 1.15. The van der Waals surface area contributed by atoms with Crippen molar-refractivity contribution in [3.8, 4) is 11.5 Å². The van der Waals surface area contributed by atoms with E-state index >= 15 is 0 Å². The lowest BCUT2D eigenvalue weighted by Crippen LogP contribution is -1.78. The third kappa shape index (κ3) is 0.871. The molecule has 1 aromatic heterocycles. The van der Waals surface area contributed by atoms with E-state index in [0.717, 1.165) is 0 Å². The van der Waals surface area contributed by atoms with Crippen LogP contribution in [0, 0.1) is 0 Å². The number of hydrogen-bond acceptors (Lipinski definition) is 3. The first kappa shape index (κ1) is 6.91. The molecule has 12 heavy (non-hydrogen) atoms. The van der Waals surface area contributed by atoms with E-state index in [1.54, 1.807) is 12.1 Å². The molecule has 0 radical (unpaired) electrons. The minimum Gasteiger partial charge on any atom is -0.507 e. The van der Waals surface area contributed by atoms with Gasteiger partial charge in [-0.25, -0.2) is 0 Å². The molecule has 0 atom stereocenters. The first-order valence-corrected chi connectivity index (χ1v) is 3.55. The zero-order chi connectivity index (χ0) is 8.55. The third-order valence-corrected chi connectivity index (χ3v) is 1.73. The molecule has 0 aliphatic rings. The fourth-order valence-corrected chi connectivity index (χ4v) is 1.15. The normalized spacial score (nSPS) is 10.3. The molecule has 2 aromatic rings. The quantitative estimate of drug-likeness (QED) is 0.617. The summed E-state index contributed by atoms with van der Waals surface area (Å²) in [4.78, 5) is 3.93. The molecule has 0 saturated carbocycles. The molecule has 1 aromatic carbocycles. The summed E-state index contributed by atoms with van der Waals surface area (Å²) in [7, 11) is 0. The zero-order valence-electron chi connectivity index (χ0n) is 6.23. The van der Waals surface area contributed by atoms with Gasteiger partial charge < -0.3 is 10.2 Å². The summed E-state index contributed by atoms with van der Waals surface area (Å²) in [6.45, 7) is 0. The van der Waals surface area contributed by atoms with E-state index in [1.807, 2.05) is 0 Å². The summed E-state index contributed by atoms with van der Waals surface area (Å²) < 4.78 is 0. The Morgan fingerprint density at radius 2 is 1.83 bits per heavy atom. The lowest BCUT2D eigenvalue weighted by atomic mass is 10.2. The topological polar surface area (TPSA) is 53.4 Å². The Balaban J connectivity index is 2.94. The molecule has 0 spiro atoms.